The van der Waals surface area contributed by atoms with Gasteiger partial charge in [-0.05, 0) is 42.7 Å². The summed E-state index contributed by atoms with van der Waals surface area (Å²) in [5.74, 6) is 0.705. The zero-order chi connectivity index (χ0) is 15.5. The number of sulfonamides is 1. The van der Waals surface area contributed by atoms with Crippen LogP contribution in [0.3, 0.4) is 0 Å². The van der Waals surface area contributed by atoms with E-state index in [0.717, 1.165) is 22.4 Å². The molecule has 4 nitrogen and oxygen atoms in total. The third kappa shape index (κ3) is 3.76. The molecule has 0 aromatic heterocycles. The molecular weight excluding hydrogens is 286 g/mol. The summed E-state index contributed by atoms with van der Waals surface area (Å²) in [5.41, 5.74) is 3.14. The van der Waals surface area contributed by atoms with Gasteiger partial charge in [-0.3, -0.25) is 4.72 Å². The highest BCUT2D eigenvalue weighted by atomic mass is 32.2. The van der Waals surface area contributed by atoms with Gasteiger partial charge >= 0.3 is 0 Å². The molecule has 5 heteroatoms. The second-order valence-corrected chi connectivity index (χ2v) is 6.63. The lowest BCUT2D eigenvalue weighted by Gasteiger charge is -2.14. The highest BCUT2D eigenvalue weighted by molar-refractivity contribution is 7.91. The van der Waals surface area contributed by atoms with Crippen molar-refractivity contribution in [3.05, 3.63) is 59.2 Å². The van der Waals surface area contributed by atoms with Gasteiger partial charge in [0, 0.05) is 0 Å². The summed E-state index contributed by atoms with van der Waals surface area (Å²) in [5, 5.41) is 0. The van der Waals surface area contributed by atoms with Crippen LogP contribution in [0.1, 0.15) is 16.7 Å². The average molecular weight is 305 g/mol. The number of anilines is 1. The van der Waals surface area contributed by atoms with Crippen molar-refractivity contribution in [3.63, 3.8) is 0 Å². The van der Waals surface area contributed by atoms with E-state index in [9.17, 15) is 8.42 Å². The Kier molecular flexibility index (Phi) is 4.53. The standard InChI is InChI=1S/C16H19NO3S/c1-12-13(2)16(20-3)10-9-15(12)17-21(18,19)11-14-7-5-4-6-8-14/h4-10,17H,11H2,1-3H3. The molecule has 2 aromatic carbocycles. The Labute approximate surface area is 125 Å². The summed E-state index contributed by atoms with van der Waals surface area (Å²) in [7, 11) is -1.84. The lowest BCUT2D eigenvalue weighted by atomic mass is 10.1. The van der Waals surface area contributed by atoms with Crippen molar-refractivity contribution in [2.24, 2.45) is 0 Å². The van der Waals surface area contributed by atoms with Crippen molar-refractivity contribution in [1.29, 1.82) is 0 Å². The largest absolute Gasteiger partial charge is 0.496 e. The fourth-order valence-corrected chi connectivity index (χ4v) is 3.38. The van der Waals surface area contributed by atoms with E-state index in [1.54, 1.807) is 31.4 Å². The van der Waals surface area contributed by atoms with Crippen LogP contribution in [0.2, 0.25) is 0 Å². The molecule has 112 valence electrons. The van der Waals surface area contributed by atoms with Gasteiger partial charge in [-0.1, -0.05) is 30.3 Å². The fraction of sp³-hybridized carbons (Fsp3) is 0.250. The summed E-state index contributed by atoms with van der Waals surface area (Å²) in [4.78, 5) is 0. The minimum absolute atomic E-state index is 0.0433. The number of nitrogens with one attached hydrogen (secondary N) is 1. The van der Waals surface area contributed by atoms with Gasteiger partial charge in [0.2, 0.25) is 10.0 Å². The van der Waals surface area contributed by atoms with Gasteiger partial charge in [0.15, 0.2) is 0 Å². The molecule has 0 fully saturated rings. The second-order valence-electron chi connectivity index (χ2n) is 4.91. The Morgan fingerprint density at radius 3 is 2.29 bits per heavy atom. The van der Waals surface area contributed by atoms with Crippen molar-refractivity contribution in [1.82, 2.24) is 0 Å². The van der Waals surface area contributed by atoms with E-state index in [4.69, 9.17) is 4.74 Å². The number of rotatable bonds is 5. The Morgan fingerprint density at radius 2 is 1.67 bits per heavy atom. The molecule has 0 aliphatic rings. The fourth-order valence-electron chi connectivity index (χ4n) is 2.12. The third-order valence-corrected chi connectivity index (χ3v) is 4.67. The van der Waals surface area contributed by atoms with Crippen LogP contribution < -0.4 is 9.46 Å². The maximum Gasteiger partial charge on any atom is 0.236 e. The van der Waals surface area contributed by atoms with Crippen LogP contribution in [-0.2, 0) is 15.8 Å². The number of methoxy groups -OCH3 is 1. The predicted octanol–water partition coefficient (Wildman–Crippen LogP) is 3.25. The molecule has 0 amide bonds. The van der Waals surface area contributed by atoms with Gasteiger partial charge in [-0.25, -0.2) is 8.42 Å². The predicted molar refractivity (Wildman–Crippen MR) is 85.2 cm³/mol. The van der Waals surface area contributed by atoms with Crippen LogP contribution in [0.15, 0.2) is 42.5 Å². The molecule has 0 aliphatic heterocycles. The van der Waals surface area contributed by atoms with Crippen LogP contribution in [0, 0.1) is 13.8 Å². The quantitative estimate of drug-likeness (QED) is 0.922. The topological polar surface area (TPSA) is 55.4 Å². The third-order valence-electron chi connectivity index (χ3n) is 3.42. The lowest BCUT2D eigenvalue weighted by molar-refractivity contribution is 0.411. The number of hydrogen-bond donors (Lipinski definition) is 1. The SMILES string of the molecule is COc1ccc(NS(=O)(=O)Cc2ccccc2)c(C)c1C. The Bertz CT molecular complexity index is 725. The van der Waals surface area contributed by atoms with E-state index in [-0.39, 0.29) is 5.75 Å². The molecule has 0 radical (unpaired) electrons. The van der Waals surface area contributed by atoms with Gasteiger partial charge in [0.25, 0.3) is 0 Å². The highest BCUT2D eigenvalue weighted by Gasteiger charge is 2.14. The zero-order valence-electron chi connectivity index (χ0n) is 12.4. The van der Waals surface area contributed by atoms with E-state index in [2.05, 4.69) is 4.72 Å². The number of ether oxygens (including phenoxy) is 1. The molecule has 21 heavy (non-hydrogen) atoms. The van der Waals surface area contributed by atoms with Gasteiger partial charge < -0.3 is 4.74 Å². The molecule has 2 rings (SSSR count). The van der Waals surface area contributed by atoms with Gasteiger partial charge in [0.1, 0.15) is 5.75 Å². The molecule has 0 atom stereocenters. The molecule has 0 bridgehead atoms. The van der Waals surface area contributed by atoms with Crippen molar-refractivity contribution in [3.8, 4) is 5.75 Å². The second kappa shape index (κ2) is 6.18. The van der Waals surface area contributed by atoms with Gasteiger partial charge in [-0.2, -0.15) is 0 Å². The normalized spacial score (nSPS) is 11.2. The first-order valence-electron chi connectivity index (χ1n) is 6.61. The summed E-state index contributed by atoms with van der Waals surface area (Å²) >= 11 is 0. The number of benzene rings is 2. The summed E-state index contributed by atoms with van der Waals surface area (Å²) in [6, 6.07) is 12.6. The minimum Gasteiger partial charge on any atom is -0.496 e. The Hall–Kier alpha value is -2.01. The molecule has 0 aliphatic carbocycles. The van der Waals surface area contributed by atoms with Crippen LogP contribution in [0.5, 0.6) is 5.75 Å². The van der Waals surface area contributed by atoms with Gasteiger partial charge in [0.05, 0.1) is 18.6 Å². The molecular formula is C16H19NO3S. The molecule has 1 N–H and O–H groups in total. The first kappa shape index (κ1) is 15.4. The molecule has 0 saturated heterocycles. The maximum atomic E-state index is 12.2. The van der Waals surface area contributed by atoms with Crippen LogP contribution in [0.25, 0.3) is 0 Å². The van der Waals surface area contributed by atoms with Crippen molar-refractivity contribution < 1.29 is 13.2 Å². The van der Waals surface area contributed by atoms with Crippen molar-refractivity contribution >= 4 is 15.7 Å². The smallest absolute Gasteiger partial charge is 0.236 e. The molecule has 0 saturated carbocycles. The maximum absolute atomic E-state index is 12.2. The van der Waals surface area contributed by atoms with Crippen LogP contribution in [-0.4, -0.2) is 15.5 Å². The Balaban J connectivity index is 2.23. The van der Waals surface area contributed by atoms with Crippen LogP contribution >= 0.6 is 0 Å². The Morgan fingerprint density at radius 1 is 1.00 bits per heavy atom. The first-order chi connectivity index (χ1) is 9.93. The zero-order valence-corrected chi connectivity index (χ0v) is 13.2. The van der Waals surface area contributed by atoms with Crippen molar-refractivity contribution in [2.45, 2.75) is 19.6 Å². The minimum atomic E-state index is -3.44. The average Bonchev–Trinajstić information content (AvgIpc) is 2.44. The van der Waals surface area contributed by atoms with Crippen molar-refractivity contribution in [2.75, 3.05) is 11.8 Å². The summed E-state index contributed by atoms with van der Waals surface area (Å²) in [6.45, 7) is 3.78. The van der Waals surface area contributed by atoms with E-state index in [1.807, 2.05) is 32.0 Å². The lowest BCUT2D eigenvalue weighted by Crippen LogP contribution is -2.16. The molecule has 0 heterocycles. The summed E-state index contributed by atoms with van der Waals surface area (Å²) in [6.07, 6.45) is 0. The van der Waals surface area contributed by atoms with Crippen LogP contribution in [0.4, 0.5) is 5.69 Å². The first-order valence-corrected chi connectivity index (χ1v) is 8.27. The molecule has 0 unspecified atom stereocenters. The summed E-state index contributed by atoms with van der Waals surface area (Å²) < 4.78 is 32.4. The number of hydrogen-bond acceptors (Lipinski definition) is 3. The molecule has 0 spiro atoms. The monoisotopic (exact) mass is 305 g/mol. The van der Waals surface area contributed by atoms with Gasteiger partial charge in [-0.15, -0.1) is 0 Å². The molecule has 2 aromatic rings. The van der Waals surface area contributed by atoms with E-state index in [1.165, 1.54) is 0 Å². The van der Waals surface area contributed by atoms with E-state index < -0.39 is 10.0 Å². The van der Waals surface area contributed by atoms with E-state index >= 15 is 0 Å². The van der Waals surface area contributed by atoms with E-state index in [0.29, 0.717) is 5.69 Å². The highest BCUT2D eigenvalue weighted by Crippen LogP contribution is 2.28.